The quantitative estimate of drug-likeness (QED) is 0.439. The van der Waals surface area contributed by atoms with Crippen molar-refractivity contribution < 1.29 is 36.3 Å². The number of anilines is 1. The minimum absolute atomic E-state index is 0.104. The number of hydrogen-bond acceptors (Lipinski definition) is 9. The van der Waals surface area contributed by atoms with Crippen molar-refractivity contribution in [2.24, 2.45) is 7.05 Å². The van der Waals surface area contributed by atoms with Gasteiger partial charge in [0.15, 0.2) is 23.0 Å². The Hall–Kier alpha value is -3.88. The molecule has 0 amide bonds. The lowest BCUT2D eigenvalue weighted by atomic mass is 10.0. The van der Waals surface area contributed by atoms with Crippen LogP contribution in [-0.4, -0.2) is 54.7 Å². The summed E-state index contributed by atoms with van der Waals surface area (Å²) in [5, 5.41) is 17.6. The van der Waals surface area contributed by atoms with Crippen LogP contribution >= 0.6 is 0 Å². The Labute approximate surface area is 186 Å². The lowest BCUT2D eigenvalue weighted by Gasteiger charge is -2.31. The normalized spacial score (nSPS) is 17.0. The molecule has 178 valence electrons. The summed E-state index contributed by atoms with van der Waals surface area (Å²) in [5.74, 6) is -4.82. The summed E-state index contributed by atoms with van der Waals surface area (Å²) in [6, 6.07) is 0.261. The Morgan fingerprint density at radius 2 is 1.97 bits per heavy atom. The van der Waals surface area contributed by atoms with Gasteiger partial charge in [0.1, 0.15) is 11.8 Å². The first-order valence-electron chi connectivity index (χ1n) is 9.76. The third-order valence-electron chi connectivity index (χ3n) is 5.32. The van der Waals surface area contributed by atoms with Gasteiger partial charge >= 0.3 is 6.18 Å². The molecule has 1 atom stereocenters. The fourth-order valence-corrected chi connectivity index (χ4v) is 3.69. The molecule has 3 aromatic heterocycles. The number of aryl methyl sites for hydroxylation is 1. The molecular formula is C19H14F5N7O3. The Morgan fingerprint density at radius 3 is 2.68 bits per heavy atom. The van der Waals surface area contributed by atoms with Crippen LogP contribution in [0.15, 0.2) is 23.2 Å². The fraction of sp³-hybridized carbons (Fsp3) is 0.316. The van der Waals surface area contributed by atoms with Crippen LogP contribution < -0.4 is 4.90 Å². The van der Waals surface area contributed by atoms with Gasteiger partial charge < -0.3 is 19.3 Å². The molecule has 0 saturated carbocycles. The molecular weight excluding hydrogens is 469 g/mol. The van der Waals surface area contributed by atoms with Gasteiger partial charge in [-0.25, -0.2) is 18.4 Å². The number of alkyl halides is 3. The molecule has 1 aliphatic rings. The van der Waals surface area contributed by atoms with E-state index in [4.69, 9.17) is 9.26 Å². The zero-order valence-corrected chi connectivity index (χ0v) is 17.2. The molecule has 1 aromatic carbocycles. The number of halogens is 5. The summed E-state index contributed by atoms with van der Waals surface area (Å²) in [4.78, 5) is 14.4. The van der Waals surface area contributed by atoms with E-state index < -0.39 is 40.8 Å². The van der Waals surface area contributed by atoms with Crippen molar-refractivity contribution in [3.8, 4) is 17.0 Å². The maximum absolute atomic E-state index is 14.6. The third kappa shape index (κ3) is 3.57. The second kappa shape index (κ2) is 7.86. The molecule has 1 N–H and O–H groups in total. The molecule has 10 nitrogen and oxygen atoms in total. The number of phenolic OH excluding ortho intramolecular Hbond substituents is 1. The average molecular weight is 483 g/mol. The van der Waals surface area contributed by atoms with Crippen LogP contribution in [-0.2, 0) is 18.0 Å². The van der Waals surface area contributed by atoms with E-state index in [1.54, 1.807) is 4.90 Å². The number of ether oxygens (including phenoxy) is 1. The first-order valence-corrected chi connectivity index (χ1v) is 9.76. The number of fused-ring (bicyclic) bond motifs is 1. The zero-order chi connectivity index (χ0) is 24.2. The predicted octanol–water partition coefficient (Wildman–Crippen LogP) is 2.99. The van der Waals surface area contributed by atoms with Gasteiger partial charge in [-0.05, 0) is 6.07 Å². The minimum Gasteiger partial charge on any atom is -0.503 e. The van der Waals surface area contributed by atoms with E-state index in [2.05, 4.69) is 25.2 Å². The maximum atomic E-state index is 14.6. The predicted molar refractivity (Wildman–Crippen MR) is 104 cm³/mol. The molecule has 4 aromatic rings. The van der Waals surface area contributed by atoms with Gasteiger partial charge in [-0.3, -0.25) is 0 Å². The molecule has 0 radical (unpaired) electrons. The first kappa shape index (κ1) is 21.9. The van der Waals surface area contributed by atoms with Gasteiger partial charge in [0.05, 0.1) is 24.1 Å². The minimum atomic E-state index is -5.16. The van der Waals surface area contributed by atoms with E-state index in [0.717, 1.165) is 0 Å². The molecule has 1 unspecified atom stereocenters. The summed E-state index contributed by atoms with van der Waals surface area (Å²) in [6.07, 6.45) is -3.21. The Balaban J connectivity index is 1.56. The topological polar surface area (TPSA) is 115 Å². The SMILES string of the molecule is Cn1nc(-c2cc(C(F)(F)F)c(F)c(O)c2F)c2cnc(N3CCOC(c4ncon4)C3)nc21. The number of nitrogens with zero attached hydrogens (tertiary/aromatic N) is 7. The molecule has 0 aliphatic carbocycles. The lowest BCUT2D eigenvalue weighted by Crippen LogP contribution is -2.39. The van der Waals surface area contributed by atoms with Crippen LogP contribution in [0.1, 0.15) is 17.5 Å². The molecule has 1 fully saturated rings. The molecule has 5 rings (SSSR count). The zero-order valence-electron chi connectivity index (χ0n) is 17.2. The maximum Gasteiger partial charge on any atom is 0.419 e. The van der Waals surface area contributed by atoms with Crippen LogP contribution in [0, 0.1) is 11.6 Å². The highest BCUT2D eigenvalue weighted by Crippen LogP contribution is 2.41. The number of aromatic nitrogens is 6. The second-order valence-corrected chi connectivity index (χ2v) is 7.42. The number of aromatic hydroxyl groups is 1. The van der Waals surface area contributed by atoms with E-state index in [0.29, 0.717) is 25.5 Å². The number of hydrogen-bond donors (Lipinski definition) is 1. The highest BCUT2D eigenvalue weighted by molar-refractivity contribution is 5.91. The summed E-state index contributed by atoms with van der Waals surface area (Å²) >= 11 is 0. The van der Waals surface area contributed by atoms with E-state index in [-0.39, 0.29) is 28.7 Å². The summed E-state index contributed by atoms with van der Waals surface area (Å²) in [7, 11) is 1.45. The lowest BCUT2D eigenvalue weighted by molar-refractivity contribution is -0.140. The van der Waals surface area contributed by atoms with Gasteiger partial charge in [0.25, 0.3) is 0 Å². The van der Waals surface area contributed by atoms with Crippen LogP contribution in [0.25, 0.3) is 22.3 Å². The summed E-state index contributed by atoms with van der Waals surface area (Å²) < 4.78 is 79.7. The van der Waals surface area contributed by atoms with Gasteiger partial charge in [0, 0.05) is 25.4 Å². The third-order valence-corrected chi connectivity index (χ3v) is 5.32. The van der Waals surface area contributed by atoms with E-state index in [9.17, 15) is 27.1 Å². The van der Waals surface area contributed by atoms with Crippen molar-refractivity contribution in [1.29, 1.82) is 0 Å². The molecule has 4 heterocycles. The Kier molecular flexibility index (Phi) is 5.07. The molecule has 0 spiro atoms. The summed E-state index contributed by atoms with van der Waals surface area (Å²) in [6.45, 7) is 1.04. The van der Waals surface area contributed by atoms with Crippen molar-refractivity contribution in [2.75, 3.05) is 24.6 Å². The number of morpholine rings is 1. The standard InChI is InChI=1S/C19H14F5N7O3/c1-30-17-9(14(28-30)8-4-10(19(22,23)24)13(21)15(32)12(8)20)5-25-18(27-17)31-2-3-33-11(6-31)16-26-7-34-29-16/h4-5,7,11,32H,2-3,6H2,1H3. The van der Waals surface area contributed by atoms with Gasteiger partial charge in [-0.15, -0.1) is 0 Å². The molecule has 15 heteroatoms. The molecule has 34 heavy (non-hydrogen) atoms. The molecule has 1 saturated heterocycles. The van der Waals surface area contributed by atoms with Gasteiger partial charge in [-0.2, -0.15) is 28.2 Å². The Morgan fingerprint density at radius 1 is 1.18 bits per heavy atom. The number of benzene rings is 1. The van der Waals surface area contributed by atoms with Crippen LogP contribution in [0.3, 0.4) is 0 Å². The van der Waals surface area contributed by atoms with E-state index in [1.165, 1.54) is 24.3 Å². The largest absolute Gasteiger partial charge is 0.503 e. The monoisotopic (exact) mass is 483 g/mol. The van der Waals surface area contributed by atoms with E-state index in [1.807, 2.05) is 0 Å². The smallest absolute Gasteiger partial charge is 0.419 e. The van der Waals surface area contributed by atoms with Gasteiger partial charge in [-0.1, -0.05) is 5.16 Å². The second-order valence-electron chi connectivity index (χ2n) is 7.42. The van der Waals surface area contributed by atoms with Crippen LogP contribution in [0.5, 0.6) is 5.75 Å². The van der Waals surface area contributed by atoms with Gasteiger partial charge in [0.2, 0.25) is 18.2 Å². The van der Waals surface area contributed by atoms with Crippen molar-refractivity contribution in [3.05, 3.63) is 41.7 Å². The van der Waals surface area contributed by atoms with Crippen LogP contribution in [0.2, 0.25) is 0 Å². The summed E-state index contributed by atoms with van der Waals surface area (Å²) in [5.41, 5.74) is -2.66. The average Bonchev–Trinajstić information content (AvgIpc) is 3.46. The highest BCUT2D eigenvalue weighted by atomic mass is 19.4. The first-order chi connectivity index (χ1) is 16.1. The van der Waals surface area contributed by atoms with Crippen LogP contribution in [0.4, 0.5) is 27.9 Å². The number of phenols is 1. The Bertz CT molecular complexity index is 1370. The van der Waals surface area contributed by atoms with E-state index >= 15 is 0 Å². The van der Waals surface area contributed by atoms with Crippen molar-refractivity contribution in [2.45, 2.75) is 12.3 Å². The van der Waals surface area contributed by atoms with Crippen molar-refractivity contribution >= 4 is 17.0 Å². The molecule has 1 aliphatic heterocycles. The van der Waals surface area contributed by atoms with Crippen molar-refractivity contribution in [3.63, 3.8) is 0 Å². The molecule has 0 bridgehead atoms. The highest BCUT2D eigenvalue weighted by Gasteiger charge is 2.38. The number of rotatable bonds is 3. The van der Waals surface area contributed by atoms with Crippen molar-refractivity contribution in [1.82, 2.24) is 29.9 Å². The fourth-order valence-electron chi connectivity index (χ4n) is 3.69.